The van der Waals surface area contributed by atoms with Gasteiger partial charge in [0.1, 0.15) is 6.10 Å². The Bertz CT molecular complexity index is 729. The van der Waals surface area contributed by atoms with Gasteiger partial charge in [-0.1, -0.05) is 55.1 Å². The van der Waals surface area contributed by atoms with Crippen LogP contribution in [0.1, 0.15) is 45.1 Å². The molecule has 2 rings (SSSR count). The molecule has 0 aliphatic carbocycles. The van der Waals surface area contributed by atoms with Crippen LogP contribution in [0.5, 0.6) is 0 Å². The van der Waals surface area contributed by atoms with Crippen molar-refractivity contribution in [3.8, 4) is 0 Å². The van der Waals surface area contributed by atoms with Crippen molar-refractivity contribution >= 4 is 35.6 Å². The summed E-state index contributed by atoms with van der Waals surface area (Å²) in [6.07, 6.45) is 9.84. The molecule has 1 heterocycles. The smallest absolute Gasteiger partial charge is 0.330 e. The number of carbonyl (C=O) groups excluding carboxylic acids is 1. The number of thioether (sulfide) groups is 2. The van der Waals surface area contributed by atoms with Crippen molar-refractivity contribution in [3.63, 3.8) is 0 Å². The molecule has 3 atom stereocenters. The fourth-order valence-electron chi connectivity index (χ4n) is 3.59. The molecule has 0 bridgehead atoms. The van der Waals surface area contributed by atoms with Gasteiger partial charge >= 0.3 is 5.97 Å². The summed E-state index contributed by atoms with van der Waals surface area (Å²) in [5.41, 5.74) is 1.18. The maximum atomic E-state index is 11.9. The van der Waals surface area contributed by atoms with E-state index in [9.17, 15) is 4.79 Å². The van der Waals surface area contributed by atoms with Crippen LogP contribution in [0, 0.1) is 0 Å². The van der Waals surface area contributed by atoms with Gasteiger partial charge in [-0.05, 0) is 37.3 Å². The molecule has 4 nitrogen and oxygen atoms in total. The van der Waals surface area contributed by atoms with E-state index in [4.69, 9.17) is 14.2 Å². The Morgan fingerprint density at radius 2 is 1.91 bits per heavy atom. The highest BCUT2D eigenvalue weighted by atomic mass is 32.2. The number of ether oxygens (including phenoxy) is 3. The van der Waals surface area contributed by atoms with Crippen LogP contribution in [-0.2, 0) is 19.0 Å². The summed E-state index contributed by atoms with van der Waals surface area (Å²) in [6, 6.07) is 10.4. The number of carbonyl (C=O) groups is 1. The van der Waals surface area contributed by atoms with E-state index in [1.165, 1.54) is 18.1 Å². The van der Waals surface area contributed by atoms with E-state index >= 15 is 0 Å². The van der Waals surface area contributed by atoms with Crippen molar-refractivity contribution < 1.29 is 19.0 Å². The van der Waals surface area contributed by atoms with Crippen molar-refractivity contribution in [3.05, 3.63) is 67.3 Å². The minimum Gasteiger partial charge on any atom is -0.459 e. The van der Waals surface area contributed by atoms with E-state index in [1.54, 1.807) is 6.08 Å². The van der Waals surface area contributed by atoms with Gasteiger partial charge in [0.05, 0.1) is 10.2 Å². The first kappa shape index (κ1) is 26.8. The van der Waals surface area contributed by atoms with Crippen molar-refractivity contribution in [2.24, 2.45) is 0 Å². The van der Waals surface area contributed by atoms with E-state index in [1.807, 2.05) is 43.4 Å². The highest BCUT2D eigenvalue weighted by Gasteiger charge is 2.36. The summed E-state index contributed by atoms with van der Waals surface area (Å²) >= 11 is 3.94. The Morgan fingerprint density at radius 1 is 1.19 bits per heavy atom. The van der Waals surface area contributed by atoms with Crippen LogP contribution in [0.25, 0.3) is 6.08 Å². The normalized spacial score (nSPS) is 18.6. The van der Waals surface area contributed by atoms with E-state index in [-0.39, 0.29) is 22.6 Å². The molecule has 0 saturated carbocycles. The molecule has 6 heteroatoms. The molecule has 1 aliphatic heterocycles. The van der Waals surface area contributed by atoms with Gasteiger partial charge in [0.25, 0.3) is 0 Å². The third kappa shape index (κ3) is 9.57. The topological polar surface area (TPSA) is 44.8 Å². The second-order valence-electron chi connectivity index (χ2n) is 7.61. The summed E-state index contributed by atoms with van der Waals surface area (Å²) in [6.45, 7) is 11.8. The van der Waals surface area contributed by atoms with Crippen LogP contribution < -0.4 is 0 Å². The first-order valence-electron chi connectivity index (χ1n) is 11.2. The SMILES string of the molecule is C=CC[C@@H](C[C@H](CC1(/C=C/c2ccccc2)SCCCS1)OC(C)OCC)OC(=O)C=C. The van der Waals surface area contributed by atoms with Gasteiger partial charge < -0.3 is 14.2 Å². The fraction of sp³-hybridized carbons (Fsp3) is 0.500. The summed E-state index contributed by atoms with van der Waals surface area (Å²) in [7, 11) is 0. The lowest BCUT2D eigenvalue weighted by Gasteiger charge is -2.37. The van der Waals surface area contributed by atoms with Gasteiger partial charge in [-0.2, -0.15) is 0 Å². The summed E-state index contributed by atoms with van der Waals surface area (Å²) in [5, 5.41) is 0. The molecule has 0 spiro atoms. The third-order valence-electron chi connectivity index (χ3n) is 5.01. The first-order valence-corrected chi connectivity index (χ1v) is 13.2. The molecule has 1 unspecified atom stereocenters. The Morgan fingerprint density at radius 3 is 2.53 bits per heavy atom. The minimum atomic E-state index is -0.423. The average molecular weight is 477 g/mol. The predicted molar refractivity (Wildman–Crippen MR) is 138 cm³/mol. The maximum Gasteiger partial charge on any atom is 0.330 e. The first-order chi connectivity index (χ1) is 15.5. The van der Waals surface area contributed by atoms with E-state index < -0.39 is 5.97 Å². The second kappa shape index (κ2) is 14.6. The molecule has 0 N–H and O–H groups in total. The molecule has 1 aromatic rings. The van der Waals surface area contributed by atoms with E-state index in [0.29, 0.717) is 19.4 Å². The number of hydrogen-bond acceptors (Lipinski definition) is 6. The zero-order valence-electron chi connectivity index (χ0n) is 19.2. The molecule has 32 heavy (non-hydrogen) atoms. The molecule has 1 aliphatic rings. The van der Waals surface area contributed by atoms with Crippen LogP contribution in [-0.4, -0.2) is 46.7 Å². The molecule has 176 valence electrons. The van der Waals surface area contributed by atoms with Gasteiger partial charge in [-0.25, -0.2) is 4.79 Å². The highest BCUT2D eigenvalue weighted by molar-refractivity contribution is 8.19. The highest BCUT2D eigenvalue weighted by Crippen LogP contribution is 2.48. The Kier molecular flexibility index (Phi) is 12.2. The van der Waals surface area contributed by atoms with Gasteiger partial charge in [0, 0.05) is 31.9 Å². The fourth-order valence-corrected chi connectivity index (χ4v) is 6.81. The average Bonchev–Trinajstić information content (AvgIpc) is 2.79. The number of rotatable bonds is 14. The van der Waals surface area contributed by atoms with Gasteiger partial charge in [0.15, 0.2) is 6.29 Å². The standard InChI is InChI=1S/C26H36O4S2/c1-5-12-23(30-25(27)6-2)19-24(29-21(4)28-7-3)20-26(31-17-11-18-32-26)16-15-22-13-9-8-10-14-22/h5-6,8-10,13-16,21,23-24H,1-2,7,11-12,17-20H2,3-4H3/b16-15+/t21?,23-,24+/m0/s1. The lowest BCUT2D eigenvalue weighted by molar-refractivity contribution is -0.169. The van der Waals surface area contributed by atoms with Gasteiger partial charge in [-0.3, -0.25) is 0 Å². The summed E-state index contributed by atoms with van der Waals surface area (Å²) < 4.78 is 17.5. The maximum absolute atomic E-state index is 11.9. The number of benzene rings is 1. The molecule has 1 saturated heterocycles. The number of hydrogen-bond donors (Lipinski definition) is 0. The predicted octanol–water partition coefficient (Wildman–Crippen LogP) is 6.49. The Labute approximate surface area is 201 Å². The molecule has 0 amide bonds. The van der Waals surface area contributed by atoms with Crippen LogP contribution in [0.4, 0.5) is 0 Å². The summed E-state index contributed by atoms with van der Waals surface area (Å²) in [5.74, 6) is 1.80. The van der Waals surface area contributed by atoms with Crippen molar-refractivity contribution in [1.82, 2.24) is 0 Å². The van der Waals surface area contributed by atoms with Crippen molar-refractivity contribution in [2.75, 3.05) is 18.1 Å². The van der Waals surface area contributed by atoms with E-state index in [2.05, 4.69) is 49.6 Å². The van der Waals surface area contributed by atoms with Gasteiger partial charge in [0.2, 0.25) is 0 Å². The van der Waals surface area contributed by atoms with Crippen LogP contribution in [0.3, 0.4) is 0 Å². The lowest BCUT2D eigenvalue weighted by atomic mass is 10.0. The zero-order valence-corrected chi connectivity index (χ0v) is 20.9. The summed E-state index contributed by atoms with van der Waals surface area (Å²) in [4.78, 5) is 11.9. The quantitative estimate of drug-likeness (QED) is 0.132. The molecular formula is C26H36O4S2. The van der Waals surface area contributed by atoms with Crippen molar-refractivity contribution in [1.29, 1.82) is 0 Å². The van der Waals surface area contributed by atoms with Crippen molar-refractivity contribution in [2.45, 2.75) is 62.1 Å². The van der Waals surface area contributed by atoms with Crippen LogP contribution in [0.2, 0.25) is 0 Å². The zero-order chi connectivity index (χ0) is 23.2. The van der Waals surface area contributed by atoms with E-state index in [0.717, 1.165) is 17.9 Å². The number of esters is 1. The lowest BCUT2D eigenvalue weighted by Crippen LogP contribution is -2.35. The molecule has 0 radical (unpaired) electrons. The monoisotopic (exact) mass is 476 g/mol. The molecular weight excluding hydrogens is 440 g/mol. The molecule has 1 aromatic carbocycles. The Hall–Kier alpha value is -1.47. The second-order valence-corrected chi connectivity index (χ2v) is 10.7. The minimum absolute atomic E-state index is 0.105. The molecule has 1 fully saturated rings. The van der Waals surface area contributed by atoms with Crippen LogP contribution >= 0.6 is 23.5 Å². The Balaban J connectivity index is 2.23. The molecule has 0 aromatic heterocycles. The van der Waals surface area contributed by atoms with Crippen LogP contribution in [0.15, 0.2) is 61.7 Å². The largest absolute Gasteiger partial charge is 0.459 e. The third-order valence-corrected chi connectivity index (χ3v) is 8.29. The van der Waals surface area contributed by atoms with Gasteiger partial charge in [-0.15, -0.1) is 30.1 Å².